The Labute approximate surface area is 349 Å². The first kappa shape index (κ1) is 35.2. The molecule has 0 saturated carbocycles. The van der Waals surface area contributed by atoms with Crippen LogP contribution in [-0.4, -0.2) is 0 Å². The molecule has 2 heteroatoms. The maximum Gasteiger partial charge on any atom is 0.143 e. The Morgan fingerprint density at radius 2 is 0.833 bits per heavy atom. The smallest absolute Gasteiger partial charge is 0.143 e. The van der Waals surface area contributed by atoms with Crippen LogP contribution in [0.15, 0.2) is 241 Å². The van der Waals surface area contributed by atoms with E-state index in [0.29, 0.717) is 0 Å². The predicted molar refractivity (Wildman–Crippen MR) is 253 cm³/mol. The fourth-order valence-corrected chi connectivity index (χ4v) is 8.79. The molecule has 0 fully saturated rings. The number of nitrogens with zero attached hydrogens (tertiary/aromatic N) is 1. The second kappa shape index (κ2) is 15.1. The molecule has 0 aliphatic heterocycles. The summed E-state index contributed by atoms with van der Waals surface area (Å²) in [4.78, 5) is 2.39. The number of para-hydroxylation sites is 1. The van der Waals surface area contributed by atoms with Gasteiger partial charge in [0.1, 0.15) is 11.2 Å². The number of fused-ring (bicyclic) bond motifs is 5. The van der Waals surface area contributed by atoms with Crippen molar-refractivity contribution in [2.24, 2.45) is 0 Å². The van der Waals surface area contributed by atoms with Crippen LogP contribution in [0.2, 0.25) is 0 Å². The number of furan rings is 1. The third-order valence-corrected chi connectivity index (χ3v) is 11.7. The summed E-state index contributed by atoms with van der Waals surface area (Å²) in [5, 5.41) is 4.53. The molecule has 60 heavy (non-hydrogen) atoms. The summed E-state index contributed by atoms with van der Waals surface area (Å²) in [5.74, 6) is 0. The highest BCUT2D eigenvalue weighted by Crippen LogP contribution is 2.46. The van der Waals surface area contributed by atoms with E-state index in [1.807, 2.05) is 0 Å². The Kier molecular flexibility index (Phi) is 8.87. The van der Waals surface area contributed by atoms with E-state index >= 15 is 0 Å². The molecule has 0 N–H and O–H groups in total. The monoisotopic (exact) mass is 765 g/mol. The standard InChI is InChI=1S/C58H39NO/c1-4-15-40(16-5-1)41-27-33-47(34-28-41)59(48-35-29-42(30-36-48)46-32-37-49(43-17-6-2-7-18-43)54(39-46)44-19-8-3-9-20-44)55-25-13-12-23-51(55)52-24-14-26-56-57(52)53-38-31-45-21-10-11-22-50(45)58(53)60-56/h1-39H. The Hall–Kier alpha value is -7.94. The highest BCUT2D eigenvalue weighted by Gasteiger charge is 2.21. The molecule has 2 nitrogen and oxygen atoms in total. The summed E-state index contributed by atoms with van der Waals surface area (Å²) in [7, 11) is 0. The Bertz CT molecular complexity index is 3280. The second-order valence-corrected chi connectivity index (χ2v) is 15.2. The average Bonchev–Trinajstić information content (AvgIpc) is 3.73. The van der Waals surface area contributed by atoms with Crippen LogP contribution in [0.25, 0.3) is 88.3 Å². The number of hydrogen-bond acceptors (Lipinski definition) is 2. The first-order chi connectivity index (χ1) is 29.8. The minimum atomic E-state index is 0.880. The van der Waals surface area contributed by atoms with Crippen LogP contribution in [0.1, 0.15) is 0 Å². The van der Waals surface area contributed by atoms with Gasteiger partial charge in [0.15, 0.2) is 0 Å². The van der Waals surface area contributed by atoms with Gasteiger partial charge in [-0.05, 0) is 104 Å². The zero-order chi connectivity index (χ0) is 39.8. The van der Waals surface area contributed by atoms with Gasteiger partial charge in [-0.3, -0.25) is 0 Å². The van der Waals surface area contributed by atoms with Crippen molar-refractivity contribution >= 4 is 49.8 Å². The molecule has 0 radical (unpaired) electrons. The van der Waals surface area contributed by atoms with Crippen molar-refractivity contribution in [2.75, 3.05) is 4.90 Å². The summed E-state index contributed by atoms with van der Waals surface area (Å²) < 4.78 is 6.66. The SMILES string of the molecule is c1ccc(-c2ccc(N(c3ccc(-c4ccc(-c5ccccc5)c(-c5ccccc5)c4)cc3)c3ccccc3-c3cccc4oc5c6ccccc6ccc5c34)cc2)cc1. The summed E-state index contributed by atoms with van der Waals surface area (Å²) in [5.41, 5.74) is 16.8. The van der Waals surface area contributed by atoms with Gasteiger partial charge in [-0.15, -0.1) is 0 Å². The fourth-order valence-electron chi connectivity index (χ4n) is 8.79. The molecule has 11 aromatic rings. The van der Waals surface area contributed by atoms with E-state index in [1.165, 1.54) is 44.3 Å². The zero-order valence-corrected chi connectivity index (χ0v) is 32.9. The minimum Gasteiger partial charge on any atom is -0.455 e. The molecule has 0 atom stereocenters. The maximum atomic E-state index is 6.66. The Morgan fingerprint density at radius 3 is 1.53 bits per heavy atom. The van der Waals surface area contributed by atoms with Gasteiger partial charge in [0.2, 0.25) is 0 Å². The topological polar surface area (TPSA) is 16.4 Å². The maximum absolute atomic E-state index is 6.66. The molecule has 0 unspecified atom stereocenters. The highest BCUT2D eigenvalue weighted by atomic mass is 16.3. The lowest BCUT2D eigenvalue weighted by Gasteiger charge is -2.28. The molecule has 0 aliphatic carbocycles. The van der Waals surface area contributed by atoms with E-state index in [9.17, 15) is 0 Å². The molecule has 0 saturated heterocycles. The van der Waals surface area contributed by atoms with Crippen molar-refractivity contribution in [1.29, 1.82) is 0 Å². The van der Waals surface area contributed by atoms with Gasteiger partial charge >= 0.3 is 0 Å². The number of benzene rings is 10. The lowest BCUT2D eigenvalue weighted by molar-refractivity contribution is 0.673. The van der Waals surface area contributed by atoms with E-state index < -0.39 is 0 Å². The van der Waals surface area contributed by atoms with Crippen molar-refractivity contribution in [3.63, 3.8) is 0 Å². The van der Waals surface area contributed by atoms with Gasteiger partial charge in [-0.25, -0.2) is 0 Å². The van der Waals surface area contributed by atoms with Gasteiger partial charge in [0.25, 0.3) is 0 Å². The van der Waals surface area contributed by atoms with Gasteiger partial charge < -0.3 is 9.32 Å². The largest absolute Gasteiger partial charge is 0.455 e. The number of anilines is 3. The van der Waals surface area contributed by atoms with Crippen molar-refractivity contribution < 1.29 is 4.42 Å². The molecule has 11 rings (SSSR count). The third-order valence-electron chi connectivity index (χ3n) is 11.7. The molecule has 1 aromatic heterocycles. The van der Waals surface area contributed by atoms with Crippen molar-refractivity contribution in [3.8, 4) is 55.6 Å². The van der Waals surface area contributed by atoms with E-state index in [1.54, 1.807) is 0 Å². The van der Waals surface area contributed by atoms with Gasteiger partial charge in [-0.2, -0.15) is 0 Å². The van der Waals surface area contributed by atoms with E-state index in [2.05, 4.69) is 241 Å². The summed E-state index contributed by atoms with van der Waals surface area (Å²) in [6.07, 6.45) is 0. The summed E-state index contributed by atoms with van der Waals surface area (Å²) in [6.45, 7) is 0. The van der Waals surface area contributed by atoms with Crippen molar-refractivity contribution in [3.05, 3.63) is 237 Å². The van der Waals surface area contributed by atoms with Crippen LogP contribution in [0.5, 0.6) is 0 Å². The fraction of sp³-hybridized carbons (Fsp3) is 0. The van der Waals surface area contributed by atoms with E-state index in [0.717, 1.165) is 61.1 Å². The quantitative estimate of drug-likeness (QED) is 0.153. The Morgan fingerprint density at radius 1 is 0.300 bits per heavy atom. The van der Waals surface area contributed by atoms with Crippen LogP contribution in [0, 0.1) is 0 Å². The molecule has 10 aromatic carbocycles. The lowest BCUT2D eigenvalue weighted by atomic mass is 9.91. The van der Waals surface area contributed by atoms with Gasteiger partial charge in [0.05, 0.1) is 5.69 Å². The molecular weight excluding hydrogens is 727 g/mol. The van der Waals surface area contributed by atoms with Gasteiger partial charge in [0, 0.05) is 33.1 Å². The molecule has 0 spiro atoms. The molecule has 1 heterocycles. The lowest BCUT2D eigenvalue weighted by Crippen LogP contribution is -2.11. The highest BCUT2D eigenvalue weighted by molar-refractivity contribution is 6.19. The molecule has 282 valence electrons. The normalized spacial score (nSPS) is 11.3. The molecular formula is C58H39NO. The molecule has 0 aliphatic rings. The average molecular weight is 766 g/mol. The Balaban J connectivity index is 1.06. The van der Waals surface area contributed by atoms with Gasteiger partial charge in [-0.1, -0.05) is 188 Å². The summed E-state index contributed by atoms with van der Waals surface area (Å²) >= 11 is 0. The van der Waals surface area contributed by atoms with Crippen LogP contribution in [0.3, 0.4) is 0 Å². The first-order valence-corrected chi connectivity index (χ1v) is 20.5. The minimum absolute atomic E-state index is 0.880. The van der Waals surface area contributed by atoms with E-state index in [-0.39, 0.29) is 0 Å². The van der Waals surface area contributed by atoms with Crippen LogP contribution in [-0.2, 0) is 0 Å². The zero-order valence-electron chi connectivity index (χ0n) is 32.9. The third kappa shape index (κ3) is 6.32. The van der Waals surface area contributed by atoms with Crippen molar-refractivity contribution in [2.45, 2.75) is 0 Å². The van der Waals surface area contributed by atoms with E-state index in [4.69, 9.17) is 4.42 Å². The predicted octanol–water partition coefficient (Wildman–Crippen LogP) is 16.5. The van der Waals surface area contributed by atoms with Crippen LogP contribution >= 0.6 is 0 Å². The number of rotatable bonds is 8. The second-order valence-electron chi connectivity index (χ2n) is 15.2. The first-order valence-electron chi connectivity index (χ1n) is 20.5. The van der Waals surface area contributed by atoms with Crippen LogP contribution < -0.4 is 4.90 Å². The molecule has 0 amide bonds. The van der Waals surface area contributed by atoms with Crippen molar-refractivity contribution in [1.82, 2.24) is 0 Å². The number of hydrogen-bond donors (Lipinski definition) is 0. The molecule has 0 bridgehead atoms. The van der Waals surface area contributed by atoms with Crippen LogP contribution in [0.4, 0.5) is 17.1 Å². The summed E-state index contributed by atoms with van der Waals surface area (Å²) in [6, 6.07) is 84.8.